The molecule has 2 unspecified atom stereocenters. The molecule has 10 rings (SSSR count). The fourth-order valence-electron chi connectivity index (χ4n) is 8.07. The van der Waals surface area contributed by atoms with Crippen molar-refractivity contribution in [2.75, 3.05) is 4.90 Å². The summed E-state index contributed by atoms with van der Waals surface area (Å²) in [6.45, 7) is 0. The average molecular weight is 561 g/mol. The summed E-state index contributed by atoms with van der Waals surface area (Å²) in [5, 5.41) is 10.4. The van der Waals surface area contributed by atoms with E-state index in [1.807, 2.05) is 0 Å². The fourth-order valence-corrected chi connectivity index (χ4v) is 8.07. The Morgan fingerprint density at radius 1 is 0.432 bits per heavy atom. The van der Waals surface area contributed by atoms with E-state index in [9.17, 15) is 0 Å². The largest absolute Gasteiger partial charge is 0.333 e. The number of rotatable bonds is 2. The van der Waals surface area contributed by atoms with Gasteiger partial charge >= 0.3 is 0 Å². The van der Waals surface area contributed by atoms with Gasteiger partial charge in [0.1, 0.15) is 0 Å². The van der Waals surface area contributed by atoms with Crippen LogP contribution in [0.3, 0.4) is 0 Å². The monoisotopic (exact) mass is 560 g/mol. The van der Waals surface area contributed by atoms with Gasteiger partial charge in [0, 0.05) is 28.1 Å². The highest BCUT2D eigenvalue weighted by atomic mass is 15.2. The minimum atomic E-state index is 0.255. The molecule has 1 aromatic heterocycles. The van der Waals surface area contributed by atoms with E-state index in [0.717, 1.165) is 0 Å². The zero-order valence-corrected chi connectivity index (χ0v) is 24.1. The van der Waals surface area contributed by atoms with E-state index >= 15 is 0 Å². The average Bonchev–Trinajstić information content (AvgIpc) is 3.61. The molecule has 0 amide bonds. The standard InChI is InChI=1S/C42H28N2/c1-2-12-27(13-3-1)44-38-20-10-8-18-34(38)35-24-25-40-41(42(35)44)36-19-9-11-21-39(36)43(40)28-22-23-33-31-16-5-4-14-29(31)30-15-6-7-17-32(30)37(33)26-28/h1-26,34,38H. The van der Waals surface area contributed by atoms with Crippen LogP contribution in [0.5, 0.6) is 0 Å². The summed E-state index contributed by atoms with van der Waals surface area (Å²) < 4.78 is 2.48. The summed E-state index contributed by atoms with van der Waals surface area (Å²) in [4.78, 5) is 2.57. The van der Waals surface area contributed by atoms with Gasteiger partial charge in [0.15, 0.2) is 0 Å². The van der Waals surface area contributed by atoms with Gasteiger partial charge in [-0.3, -0.25) is 0 Å². The summed E-state index contributed by atoms with van der Waals surface area (Å²) in [7, 11) is 0. The van der Waals surface area contributed by atoms with Crippen molar-refractivity contribution in [3.63, 3.8) is 0 Å². The molecule has 2 aliphatic rings. The Kier molecular flexibility index (Phi) is 4.86. The first-order valence-electron chi connectivity index (χ1n) is 15.5. The van der Waals surface area contributed by atoms with Crippen molar-refractivity contribution in [3.8, 4) is 5.69 Å². The minimum Gasteiger partial charge on any atom is -0.333 e. The highest BCUT2D eigenvalue weighted by Gasteiger charge is 2.39. The van der Waals surface area contributed by atoms with Crippen LogP contribution in [-0.4, -0.2) is 10.6 Å². The van der Waals surface area contributed by atoms with E-state index in [1.54, 1.807) is 0 Å². The summed E-state index contributed by atoms with van der Waals surface area (Å²) in [5.74, 6) is 0.321. The lowest BCUT2D eigenvalue weighted by molar-refractivity contribution is 0.745. The SMILES string of the molecule is C1=CC2c3ccc4c(c3N(c3ccccc3)C2C=C1)c1ccccc1n4-c1ccc2c3ccccc3c3ccccc3c2c1. The molecule has 206 valence electrons. The van der Waals surface area contributed by atoms with Crippen molar-refractivity contribution in [2.45, 2.75) is 12.0 Å². The van der Waals surface area contributed by atoms with Crippen molar-refractivity contribution >= 4 is 65.5 Å². The van der Waals surface area contributed by atoms with E-state index in [0.29, 0.717) is 5.92 Å². The predicted octanol–water partition coefficient (Wildman–Crippen LogP) is 11.0. The van der Waals surface area contributed by atoms with Crippen LogP contribution in [0.4, 0.5) is 11.4 Å². The second-order valence-electron chi connectivity index (χ2n) is 12.1. The Morgan fingerprint density at radius 2 is 1.05 bits per heavy atom. The van der Waals surface area contributed by atoms with Gasteiger partial charge in [-0.15, -0.1) is 0 Å². The van der Waals surface area contributed by atoms with Crippen LogP contribution in [0.25, 0.3) is 59.8 Å². The van der Waals surface area contributed by atoms with Crippen LogP contribution >= 0.6 is 0 Å². The molecular formula is C42H28N2. The Labute approximate surface area is 255 Å². The number of para-hydroxylation sites is 2. The van der Waals surface area contributed by atoms with Crippen molar-refractivity contribution in [1.82, 2.24) is 4.57 Å². The lowest BCUT2D eigenvalue weighted by atomic mass is 9.91. The van der Waals surface area contributed by atoms with Crippen LogP contribution < -0.4 is 4.90 Å². The Bertz CT molecular complexity index is 2480. The maximum Gasteiger partial charge on any atom is 0.0629 e. The van der Waals surface area contributed by atoms with Gasteiger partial charge in [-0.1, -0.05) is 121 Å². The smallest absolute Gasteiger partial charge is 0.0629 e. The molecular weight excluding hydrogens is 532 g/mol. The normalized spacial score (nSPS) is 17.3. The van der Waals surface area contributed by atoms with Gasteiger partial charge in [0.05, 0.1) is 22.8 Å². The molecule has 2 nitrogen and oxygen atoms in total. The third-order valence-electron chi connectivity index (χ3n) is 9.87. The number of fused-ring (bicyclic) bond motifs is 13. The highest BCUT2D eigenvalue weighted by Crippen LogP contribution is 2.53. The first-order chi connectivity index (χ1) is 21.9. The molecule has 0 saturated carbocycles. The molecule has 0 bridgehead atoms. The Hall–Kier alpha value is -5.60. The van der Waals surface area contributed by atoms with Crippen molar-refractivity contribution in [2.24, 2.45) is 0 Å². The van der Waals surface area contributed by atoms with Crippen molar-refractivity contribution < 1.29 is 0 Å². The molecule has 7 aromatic carbocycles. The van der Waals surface area contributed by atoms with Crippen LogP contribution in [0.2, 0.25) is 0 Å². The second kappa shape index (κ2) is 8.95. The molecule has 0 N–H and O–H groups in total. The number of aromatic nitrogens is 1. The zero-order chi connectivity index (χ0) is 28.8. The van der Waals surface area contributed by atoms with Crippen LogP contribution in [0.1, 0.15) is 11.5 Å². The summed E-state index contributed by atoms with van der Waals surface area (Å²) in [5.41, 5.74) is 7.61. The van der Waals surface area contributed by atoms with E-state index in [-0.39, 0.29) is 6.04 Å². The second-order valence-corrected chi connectivity index (χ2v) is 12.1. The minimum absolute atomic E-state index is 0.255. The third kappa shape index (κ3) is 3.15. The van der Waals surface area contributed by atoms with Crippen molar-refractivity contribution in [3.05, 3.63) is 163 Å². The first kappa shape index (κ1) is 23.9. The third-order valence-corrected chi connectivity index (χ3v) is 9.87. The van der Waals surface area contributed by atoms with Gasteiger partial charge in [-0.2, -0.15) is 0 Å². The molecule has 0 spiro atoms. The number of benzene rings is 7. The molecule has 8 aromatic rings. The van der Waals surface area contributed by atoms with Gasteiger partial charge in [-0.05, 0) is 74.3 Å². The molecule has 0 fully saturated rings. The van der Waals surface area contributed by atoms with Crippen molar-refractivity contribution in [1.29, 1.82) is 0 Å². The topological polar surface area (TPSA) is 8.17 Å². The summed E-state index contributed by atoms with van der Waals surface area (Å²) in [6.07, 6.45) is 9.14. The fraction of sp³-hybridized carbons (Fsp3) is 0.0476. The maximum absolute atomic E-state index is 2.57. The number of nitrogens with zero attached hydrogens (tertiary/aromatic N) is 2. The quantitative estimate of drug-likeness (QED) is 0.191. The summed E-state index contributed by atoms with van der Waals surface area (Å²) in [6, 6.07) is 49.5. The van der Waals surface area contributed by atoms with Crippen LogP contribution in [0.15, 0.2) is 158 Å². The zero-order valence-electron chi connectivity index (χ0n) is 24.1. The van der Waals surface area contributed by atoms with E-state index in [2.05, 4.69) is 167 Å². The molecule has 2 heteroatoms. The predicted molar refractivity (Wildman–Crippen MR) is 187 cm³/mol. The maximum atomic E-state index is 2.57. The molecule has 44 heavy (non-hydrogen) atoms. The molecule has 1 aliphatic heterocycles. The summed E-state index contributed by atoms with van der Waals surface area (Å²) >= 11 is 0. The lowest BCUT2D eigenvalue weighted by Gasteiger charge is -2.29. The van der Waals surface area contributed by atoms with Crippen LogP contribution in [0, 0.1) is 0 Å². The highest BCUT2D eigenvalue weighted by molar-refractivity contribution is 6.26. The molecule has 1 aliphatic carbocycles. The number of anilines is 2. The van der Waals surface area contributed by atoms with Crippen LogP contribution in [-0.2, 0) is 0 Å². The van der Waals surface area contributed by atoms with Gasteiger partial charge in [0.25, 0.3) is 0 Å². The molecule has 0 saturated heterocycles. The first-order valence-corrected chi connectivity index (χ1v) is 15.5. The number of allylic oxidation sites excluding steroid dienone is 2. The van der Waals surface area contributed by atoms with Gasteiger partial charge < -0.3 is 9.47 Å². The molecule has 2 heterocycles. The molecule has 2 atom stereocenters. The van der Waals surface area contributed by atoms with Gasteiger partial charge in [0.2, 0.25) is 0 Å². The van der Waals surface area contributed by atoms with Gasteiger partial charge in [-0.25, -0.2) is 0 Å². The van der Waals surface area contributed by atoms with E-state index in [4.69, 9.17) is 0 Å². The number of hydrogen-bond donors (Lipinski definition) is 0. The Balaban J connectivity index is 1.31. The van der Waals surface area contributed by atoms with E-state index in [1.165, 1.54) is 76.7 Å². The molecule has 0 radical (unpaired) electrons. The number of hydrogen-bond acceptors (Lipinski definition) is 1. The van der Waals surface area contributed by atoms with E-state index < -0.39 is 0 Å². The Morgan fingerprint density at radius 3 is 1.80 bits per heavy atom. The lowest BCUT2D eigenvalue weighted by Crippen LogP contribution is -2.28.